The van der Waals surface area contributed by atoms with Crippen molar-refractivity contribution in [3.05, 3.63) is 65.2 Å². The van der Waals surface area contributed by atoms with E-state index in [9.17, 15) is 31.2 Å². The van der Waals surface area contributed by atoms with Gasteiger partial charge in [0, 0.05) is 38.2 Å². The number of hydrogen-bond donors (Lipinski definition) is 1. The van der Waals surface area contributed by atoms with E-state index in [0.717, 1.165) is 17.0 Å². The van der Waals surface area contributed by atoms with Crippen LogP contribution in [0.25, 0.3) is 0 Å². The van der Waals surface area contributed by atoms with Crippen molar-refractivity contribution in [2.45, 2.75) is 37.5 Å². The van der Waals surface area contributed by atoms with Crippen molar-refractivity contribution in [1.82, 2.24) is 14.5 Å². The number of halogens is 3. The Morgan fingerprint density at radius 2 is 1.83 bits per heavy atom. The molecule has 0 unspecified atom stereocenters. The van der Waals surface area contributed by atoms with Gasteiger partial charge in [-0.1, -0.05) is 24.1 Å². The van der Waals surface area contributed by atoms with Crippen LogP contribution >= 0.6 is 0 Å². The zero-order valence-corrected chi connectivity index (χ0v) is 20.8. The van der Waals surface area contributed by atoms with Gasteiger partial charge in [0.05, 0.1) is 10.5 Å². The van der Waals surface area contributed by atoms with Gasteiger partial charge in [-0.25, -0.2) is 8.42 Å². The molecule has 1 fully saturated rings. The molecule has 2 aromatic carbocycles. The fraction of sp³-hybridized carbons (Fsp3) is 0.360. The number of likely N-dealkylation sites (N-methyl/N-ethyl adjacent to an activating group) is 1. The van der Waals surface area contributed by atoms with E-state index in [1.54, 1.807) is 6.92 Å². The number of hydrogen-bond acceptors (Lipinski definition) is 4. The number of alkyl halides is 3. The summed E-state index contributed by atoms with van der Waals surface area (Å²) in [5, 5.41) is 2.53. The molecule has 36 heavy (non-hydrogen) atoms. The quantitative estimate of drug-likeness (QED) is 0.568. The van der Waals surface area contributed by atoms with E-state index in [-0.39, 0.29) is 41.6 Å². The normalized spacial score (nSPS) is 15.3. The van der Waals surface area contributed by atoms with E-state index < -0.39 is 39.6 Å². The molecule has 2 aromatic rings. The summed E-state index contributed by atoms with van der Waals surface area (Å²) >= 11 is 0. The Kier molecular flexibility index (Phi) is 8.11. The number of sulfonamides is 1. The number of carbonyl (C=O) groups is 2. The van der Waals surface area contributed by atoms with Crippen LogP contribution < -0.4 is 5.32 Å². The van der Waals surface area contributed by atoms with Crippen molar-refractivity contribution in [2.75, 3.05) is 20.1 Å². The predicted octanol–water partition coefficient (Wildman–Crippen LogP) is 3.13. The number of nitrogens with zero attached hydrogens (tertiary/aromatic N) is 2. The number of benzene rings is 2. The first-order valence-electron chi connectivity index (χ1n) is 11.1. The molecule has 0 aromatic heterocycles. The first-order valence-corrected chi connectivity index (χ1v) is 12.5. The van der Waals surface area contributed by atoms with Crippen molar-refractivity contribution < 1.29 is 31.2 Å². The van der Waals surface area contributed by atoms with E-state index >= 15 is 0 Å². The molecule has 2 amide bonds. The van der Waals surface area contributed by atoms with Crippen LogP contribution in [0.5, 0.6) is 0 Å². The molecule has 0 bridgehead atoms. The monoisotopic (exact) mass is 521 g/mol. The summed E-state index contributed by atoms with van der Waals surface area (Å²) in [7, 11) is -2.40. The molecule has 7 nitrogen and oxygen atoms in total. The second kappa shape index (κ2) is 10.7. The van der Waals surface area contributed by atoms with Gasteiger partial charge < -0.3 is 10.2 Å². The maximum atomic E-state index is 13.0. The van der Waals surface area contributed by atoms with Crippen LogP contribution in [0.3, 0.4) is 0 Å². The fourth-order valence-corrected chi connectivity index (χ4v) is 5.20. The van der Waals surface area contributed by atoms with Gasteiger partial charge in [-0.05, 0) is 49.7 Å². The van der Waals surface area contributed by atoms with Crippen molar-refractivity contribution in [2.24, 2.45) is 5.92 Å². The Morgan fingerprint density at radius 1 is 1.17 bits per heavy atom. The van der Waals surface area contributed by atoms with E-state index in [1.807, 2.05) is 0 Å². The van der Waals surface area contributed by atoms with Crippen LogP contribution in [-0.2, 0) is 27.5 Å². The summed E-state index contributed by atoms with van der Waals surface area (Å²) in [6.45, 7) is 3.57. The average Bonchev–Trinajstić information content (AvgIpc) is 2.82. The molecule has 0 saturated carbocycles. The number of rotatable bonds is 7. The third kappa shape index (κ3) is 6.06. The molecule has 1 heterocycles. The van der Waals surface area contributed by atoms with Crippen LogP contribution in [0.15, 0.2) is 53.4 Å². The summed E-state index contributed by atoms with van der Waals surface area (Å²) in [4.78, 5) is 26.7. The smallest absolute Gasteiger partial charge is 0.350 e. The van der Waals surface area contributed by atoms with E-state index in [4.69, 9.17) is 0 Å². The molecule has 1 aliphatic rings. The molecule has 192 valence electrons. The molecular formula is C25H26F3N3O4S. The predicted molar refractivity (Wildman–Crippen MR) is 127 cm³/mol. The van der Waals surface area contributed by atoms with Gasteiger partial charge in [0.1, 0.15) is 6.04 Å². The molecule has 1 N–H and O–H groups in total. The Morgan fingerprint density at radius 3 is 2.47 bits per heavy atom. The largest absolute Gasteiger partial charge is 0.416 e. The van der Waals surface area contributed by atoms with Crippen LogP contribution in [-0.4, -0.2) is 55.6 Å². The Labute approximate surface area is 208 Å². The third-order valence-corrected chi connectivity index (χ3v) is 7.74. The van der Waals surface area contributed by atoms with E-state index in [1.165, 1.54) is 54.7 Å². The van der Waals surface area contributed by atoms with E-state index in [2.05, 4.69) is 17.2 Å². The molecular weight excluding hydrogens is 495 g/mol. The number of carbonyl (C=O) groups excluding carboxylic acids is 2. The molecule has 0 radical (unpaired) electrons. The molecule has 1 aliphatic heterocycles. The van der Waals surface area contributed by atoms with Crippen LogP contribution in [0.1, 0.15) is 35.3 Å². The van der Waals surface area contributed by atoms with Crippen LogP contribution in [0, 0.1) is 17.8 Å². The maximum absolute atomic E-state index is 13.0. The summed E-state index contributed by atoms with van der Waals surface area (Å²) in [6.07, 6.45) is -4.50. The third-order valence-electron chi connectivity index (χ3n) is 5.92. The standard InChI is InChI=1S/C25H26F3N3O4S/c1-4-7-19-15-31(16-19)36(34,35)22-11-6-9-20(13-22)24(33)30(3)17(2)23(32)29-14-18-8-5-10-21(12-18)25(26,27)28/h5-6,8-13,17,19H,14-16H2,1-3H3,(H,29,32)/t17-/m1/s1. The first kappa shape index (κ1) is 27.2. The highest BCUT2D eigenvalue weighted by Crippen LogP contribution is 2.29. The van der Waals surface area contributed by atoms with Crippen LogP contribution in [0.2, 0.25) is 0 Å². The first-order chi connectivity index (χ1) is 16.8. The zero-order chi connectivity index (χ0) is 26.7. The van der Waals surface area contributed by atoms with Crippen molar-refractivity contribution in [1.29, 1.82) is 0 Å². The van der Waals surface area contributed by atoms with E-state index in [0.29, 0.717) is 0 Å². The topological polar surface area (TPSA) is 86.8 Å². The summed E-state index contributed by atoms with van der Waals surface area (Å²) in [5.41, 5.74) is -0.478. The van der Waals surface area contributed by atoms with Crippen molar-refractivity contribution >= 4 is 21.8 Å². The lowest BCUT2D eigenvalue weighted by molar-refractivity contribution is -0.137. The molecule has 3 rings (SSSR count). The highest BCUT2D eigenvalue weighted by atomic mass is 32.2. The minimum atomic E-state index is -4.50. The molecule has 11 heteroatoms. The summed E-state index contributed by atoms with van der Waals surface area (Å²) in [6, 6.07) is 9.19. The van der Waals surface area contributed by atoms with Gasteiger partial charge in [-0.3, -0.25) is 9.59 Å². The minimum absolute atomic E-state index is 0.0176. The minimum Gasteiger partial charge on any atom is -0.350 e. The average molecular weight is 522 g/mol. The van der Waals surface area contributed by atoms with Crippen molar-refractivity contribution in [3.63, 3.8) is 0 Å². The second-order valence-corrected chi connectivity index (χ2v) is 10.4. The Hall–Kier alpha value is -3.36. The number of amides is 2. The molecule has 0 aliphatic carbocycles. The lowest BCUT2D eigenvalue weighted by Gasteiger charge is -2.35. The van der Waals surface area contributed by atoms with Gasteiger partial charge in [0.2, 0.25) is 15.9 Å². The lowest BCUT2D eigenvalue weighted by atomic mass is 10.1. The molecule has 0 spiro atoms. The fourth-order valence-electron chi connectivity index (χ4n) is 3.62. The van der Waals surface area contributed by atoms with Gasteiger partial charge in [-0.15, -0.1) is 5.92 Å². The number of nitrogens with one attached hydrogen (secondary N) is 1. The lowest BCUT2D eigenvalue weighted by Crippen LogP contribution is -2.49. The maximum Gasteiger partial charge on any atom is 0.416 e. The van der Waals surface area contributed by atoms with Crippen LogP contribution in [0.4, 0.5) is 13.2 Å². The SMILES string of the molecule is CC#CC1CN(S(=O)(=O)c2cccc(C(=O)N(C)[C@H](C)C(=O)NCc3cccc(C(F)(F)F)c3)c2)C1. The molecule has 1 atom stereocenters. The zero-order valence-electron chi connectivity index (χ0n) is 20.0. The van der Waals surface area contributed by atoms with Gasteiger partial charge >= 0.3 is 6.18 Å². The van der Waals surface area contributed by atoms with Gasteiger partial charge in [-0.2, -0.15) is 17.5 Å². The summed E-state index contributed by atoms with van der Waals surface area (Å²) < 4.78 is 65.7. The second-order valence-electron chi connectivity index (χ2n) is 8.45. The highest BCUT2D eigenvalue weighted by molar-refractivity contribution is 7.89. The van der Waals surface area contributed by atoms with Gasteiger partial charge in [0.25, 0.3) is 5.91 Å². The summed E-state index contributed by atoms with van der Waals surface area (Å²) in [5.74, 6) is 4.53. The highest BCUT2D eigenvalue weighted by Gasteiger charge is 2.36. The van der Waals surface area contributed by atoms with Gasteiger partial charge in [0.15, 0.2) is 0 Å². The van der Waals surface area contributed by atoms with Crippen molar-refractivity contribution in [3.8, 4) is 11.8 Å². The Balaban J connectivity index is 1.65. The molecule has 1 saturated heterocycles. The Bertz CT molecular complexity index is 1310.